The van der Waals surface area contributed by atoms with Crippen LogP contribution in [-0.4, -0.2) is 25.2 Å². The van der Waals surface area contributed by atoms with E-state index < -0.39 is 0 Å². The molecule has 0 heterocycles. The smallest absolute Gasteiger partial charge is 0.312 e. The highest BCUT2D eigenvalue weighted by atomic mass is 16.5. The number of rotatable bonds is 2. The van der Waals surface area contributed by atoms with E-state index in [1.807, 2.05) is 0 Å². The van der Waals surface area contributed by atoms with Gasteiger partial charge in [0.15, 0.2) is 0 Å². The molecule has 4 saturated carbocycles. The van der Waals surface area contributed by atoms with Crippen LogP contribution in [0.5, 0.6) is 0 Å². The van der Waals surface area contributed by atoms with Crippen molar-refractivity contribution in [3.05, 3.63) is 11.6 Å². The van der Waals surface area contributed by atoms with Gasteiger partial charge in [-0.2, -0.15) is 0 Å². The molecule has 2 unspecified atom stereocenters. The fraction of sp³-hybridized carbons (Fsp3) is 0.875. The highest BCUT2D eigenvalue weighted by Gasteiger charge is 2.66. The summed E-state index contributed by atoms with van der Waals surface area (Å²) in [6.45, 7) is 16.2. The van der Waals surface area contributed by atoms with E-state index in [0.29, 0.717) is 35.5 Å². The SMILES string of the molecule is COC(=O)[C@]12CC[C@@H](C)[C@H](C)[C@H]1C1=CC[C@H]3C(CC[C@H]4C(C)(C)[C@@H](OC(C)=O)CCC34C)[C@]1(C)CC2. The third-order valence-electron chi connectivity index (χ3n) is 13.0. The van der Waals surface area contributed by atoms with E-state index in [1.165, 1.54) is 12.8 Å². The van der Waals surface area contributed by atoms with Crippen LogP contribution in [0, 0.1) is 57.2 Å². The fourth-order valence-electron chi connectivity index (χ4n) is 10.9. The molecule has 5 rings (SSSR count). The number of ether oxygens (including phenoxy) is 2. The van der Waals surface area contributed by atoms with Crippen molar-refractivity contribution in [2.75, 3.05) is 7.11 Å². The summed E-state index contributed by atoms with van der Waals surface area (Å²) < 4.78 is 11.4. The van der Waals surface area contributed by atoms with Crippen molar-refractivity contribution in [1.29, 1.82) is 0 Å². The number of fused-ring (bicyclic) bond motifs is 7. The van der Waals surface area contributed by atoms with Crippen LogP contribution in [0.4, 0.5) is 0 Å². The first-order valence-corrected chi connectivity index (χ1v) is 14.8. The van der Waals surface area contributed by atoms with Gasteiger partial charge in [-0.05, 0) is 104 Å². The highest BCUT2D eigenvalue weighted by molar-refractivity contribution is 5.78. The second-order valence-corrected chi connectivity index (χ2v) is 14.6. The van der Waals surface area contributed by atoms with Gasteiger partial charge in [0.2, 0.25) is 0 Å². The molecular formula is C32H50O4. The second-order valence-electron chi connectivity index (χ2n) is 14.6. The quantitative estimate of drug-likeness (QED) is 0.295. The Bertz CT molecular complexity index is 950. The lowest BCUT2D eigenvalue weighted by molar-refractivity contribution is -0.193. The zero-order chi connectivity index (χ0) is 26.3. The molecule has 5 aliphatic rings. The van der Waals surface area contributed by atoms with E-state index in [-0.39, 0.29) is 39.7 Å². The van der Waals surface area contributed by atoms with E-state index in [4.69, 9.17) is 9.47 Å². The molecule has 5 aliphatic carbocycles. The molecule has 4 fully saturated rings. The van der Waals surface area contributed by atoms with Gasteiger partial charge in [0.25, 0.3) is 0 Å². The maximum Gasteiger partial charge on any atom is 0.312 e. The summed E-state index contributed by atoms with van der Waals surface area (Å²) in [4.78, 5) is 25.2. The zero-order valence-electron chi connectivity index (χ0n) is 24.1. The summed E-state index contributed by atoms with van der Waals surface area (Å²) >= 11 is 0. The van der Waals surface area contributed by atoms with E-state index >= 15 is 0 Å². The van der Waals surface area contributed by atoms with Gasteiger partial charge in [0, 0.05) is 12.3 Å². The molecule has 0 spiro atoms. The molecule has 0 bridgehead atoms. The Labute approximate surface area is 219 Å². The van der Waals surface area contributed by atoms with Gasteiger partial charge < -0.3 is 9.47 Å². The Morgan fingerprint density at radius 3 is 2.31 bits per heavy atom. The summed E-state index contributed by atoms with van der Waals surface area (Å²) in [6, 6.07) is 0. The minimum absolute atomic E-state index is 0.00550. The van der Waals surface area contributed by atoms with Gasteiger partial charge in [0.05, 0.1) is 12.5 Å². The molecule has 0 aromatic carbocycles. The Morgan fingerprint density at radius 2 is 1.64 bits per heavy atom. The van der Waals surface area contributed by atoms with Crippen LogP contribution in [0.3, 0.4) is 0 Å². The Balaban J connectivity index is 1.52. The van der Waals surface area contributed by atoms with Crippen molar-refractivity contribution in [2.45, 2.75) is 112 Å². The fourth-order valence-corrected chi connectivity index (χ4v) is 10.9. The van der Waals surface area contributed by atoms with Crippen LogP contribution in [0.25, 0.3) is 0 Å². The molecule has 0 radical (unpaired) electrons. The van der Waals surface area contributed by atoms with Gasteiger partial charge in [-0.25, -0.2) is 0 Å². The van der Waals surface area contributed by atoms with Crippen LogP contribution < -0.4 is 0 Å². The normalized spacial score (nSPS) is 49.3. The zero-order valence-corrected chi connectivity index (χ0v) is 24.1. The van der Waals surface area contributed by atoms with Gasteiger partial charge in [-0.1, -0.05) is 53.2 Å². The molecule has 10 atom stereocenters. The summed E-state index contributed by atoms with van der Waals surface area (Å²) in [6.07, 6.45) is 12.5. The predicted octanol–water partition coefficient (Wildman–Crippen LogP) is 7.36. The first-order chi connectivity index (χ1) is 16.8. The Hall–Kier alpha value is -1.32. The minimum atomic E-state index is -0.329. The van der Waals surface area contributed by atoms with Crippen molar-refractivity contribution < 1.29 is 19.1 Å². The highest BCUT2D eigenvalue weighted by Crippen LogP contribution is 2.71. The molecule has 0 aliphatic heterocycles. The number of allylic oxidation sites excluding steroid dienone is 2. The predicted molar refractivity (Wildman–Crippen MR) is 142 cm³/mol. The number of hydrogen-bond acceptors (Lipinski definition) is 4. The molecule has 0 aromatic rings. The Kier molecular flexibility index (Phi) is 6.28. The average molecular weight is 499 g/mol. The molecule has 202 valence electrons. The first-order valence-electron chi connectivity index (χ1n) is 14.8. The molecule has 0 aromatic heterocycles. The van der Waals surface area contributed by atoms with Gasteiger partial charge in [-0.3, -0.25) is 9.59 Å². The lowest BCUT2D eigenvalue weighted by atomic mass is 9.37. The molecular weight excluding hydrogens is 448 g/mol. The molecule has 36 heavy (non-hydrogen) atoms. The van der Waals surface area contributed by atoms with Crippen LogP contribution in [0.2, 0.25) is 0 Å². The van der Waals surface area contributed by atoms with Crippen LogP contribution in [0.15, 0.2) is 11.6 Å². The van der Waals surface area contributed by atoms with Crippen molar-refractivity contribution in [3.8, 4) is 0 Å². The van der Waals surface area contributed by atoms with Crippen LogP contribution in [-0.2, 0) is 19.1 Å². The number of hydrogen-bond donors (Lipinski definition) is 0. The van der Waals surface area contributed by atoms with Crippen molar-refractivity contribution in [3.63, 3.8) is 0 Å². The molecule has 4 heteroatoms. The molecule has 0 saturated heterocycles. The number of methoxy groups -OCH3 is 1. The van der Waals surface area contributed by atoms with E-state index in [1.54, 1.807) is 19.6 Å². The summed E-state index contributed by atoms with van der Waals surface area (Å²) in [5, 5.41) is 0. The average Bonchev–Trinajstić information content (AvgIpc) is 2.82. The minimum Gasteiger partial charge on any atom is -0.469 e. The van der Waals surface area contributed by atoms with Crippen LogP contribution in [0.1, 0.15) is 106 Å². The van der Waals surface area contributed by atoms with Gasteiger partial charge >= 0.3 is 11.9 Å². The summed E-state index contributed by atoms with van der Waals surface area (Å²) in [5.74, 6) is 3.24. The molecule has 0 amide bonds. The third-order valence-corrected chi connectivity index (χ3v) is 13.0. The summed E-state index contributed by atoms with van der Waals surface area (Å²) in [7, 11) is 1.59. The maximum absolute atomic E-state index is 13.4. The topological polar surface area (TPSA) is 52.6 Å². The largest absolute Gasteiger partial charge is 0.469 e. The van der Waals surface area contributed by atoms with Crippen LogP contribution >= 0.6 is 0 Å². The van der Waals surface area contributed by atoms with Crippen molar-refractivity contribution >= 4 is 11.9 Å². The van der Waals surface area contributed by atoms with E-state index in [9.17, 15) is 9.59 Å². The molecule has 4 nitrogen and oxygen atoms in total. The number of carbonyl (C=O) groups excluding carboxylic acids is 2. The van der Waals surface area contributed by atoms with Gasteiger partial charge in [0.1, 0.15) is 6.10 Å². The lowest BCUT2D eigenvalue weighted by Gasteiger charge is -2.67. The lowest BCUT2D eigenvalue weighted by Crippen LogP contribution is -2.62. The number of esters is 2. The summed E-state index contributed by atoms with van der Waals surface area (Å²) in [5.41, 5.74) is 1.70. The third kappa shape index (κ3) is 3.44. The number of carbonyl (C=O) groups is 2. The monoisotopic (exact) mass is 498 g/mol. The van der Waals surface area contributed by atoms with Crippen molar-refractivity contribution in [1.82, 2.24) is 0 Å². The van der Waals surface area contributed by atoms with E-state index in [0.717, 1.165) is 44.9 Å². The standard InChI is InChI=1S/C32H50O4/c1-19-13-16-32(28(34)35-8)18-17-30(6)22-11-12-25-29(4,5)26(36-21(3)33)14-15-31(25,7)23(22)9-10-24(30)27(32)20(19)2/h10,19-20,22-23,25-27H,9,11-18H2,1-8H3/t19-,20+,22?,23+,25+,26+,27+,30+,31?,32+/m1/s1. The Morgan fingerprint density at radius 1 is 0.917 bits per heavy atom. The van der Waals surface area contributed by atoms with Gasteiger partial charge in [-0.15, -0.1) is 0 Å². The molecule has 0 N–H and O–H groups in total. The van der Waals surface area contributed by atoms with Crippen molar-refractivity contribution in [2.24, 2.45) is 57.2 Å². The first kappa shape index (κ1) is 26.3. The second kappa shape index (κ2) is 8.60. The maximum atomic E-state index is 13.4. The van der Waals surface area contributed by atoms with E-state index in [2.05, 4.69) is 47.6 Å².